The maximum atomic E-state index is 12.5. The van der Waals surface area contributed by atoms with E-state index < -0.39 is 0 Å². The third-order valence-corrected chi connectivity index (χ3v) is 11.2. The summed E-state index contributed by atoms with van der Waals surface area (Å²) in [5.41, 5.74) is -0.385. The van der Waals surface area contributed by atoms with Gasteiger partial charge in [-0.1, -0.05) is 59.3 Å². The van der Waals surface area contributed by atoms with E-state index in [2.05, 4.69) is 40.8 Å². The molecule has 0 aromatic heterocycles. The Balaban J connectivity index is 1.11. The van der Waals surface area contributed by atoms with Gasteiger partial charge in [-0.25, -0.2) is 0 Å². The van der Waals surface area contributed by atoms with Crippen LogP contribution in [0.4, 0.5) is 0 Å². The molecule has 3 fully saturated rings. The summed E-state index contributed by atoms with van der Waals surface area (Å²) in [7, 11) is 0. The smallest absolute Gasteiger partial charge is 0.222 e. The molecule has 3 aliphatic rings. The highest BCUT2D eigenvalue weighted by Gasteiger charge is 2.25. The highest BCUT2D eigenvalue weighted by Crippen LogP contribution is 2.28. The van der Waals surface area contributed by atoms with E-state index in [1.165, 1.54) is 155 Å². The van der Waals surface area contributed by atoms with E-state index in [1.54, 1.807) is 0 Å². The standard InChI is InChI=1S/C39H76N4O2/c1-6-7-9-22-41-25-15-35(16-26-41)13-12-14-36-17-27-42(28-18-36)23-10-8-11-24-43-29-19-37(20-30-43)33-40-38(44)32-39(4,5)45-31-21-34(2)3/h34-37H,6-33H2,1-5H3,(H,40,44). The van der Waals surface area contributed by atoms with Crippen molar-refractivity contribution in [3.05, 3.63) is 0 Å². The second-order valence-electron chi connectivity index (χ2n) is 16.3. The molecule has 3 saturated heterocycles. The van der Waals surface area contributed by atoms with Gasteiger partial charge in [0.15, 0.2) is 0 Å². The molecule has 0 radical (unpaired) electrons. The summed E-state index contributed by atoms with van der Waals surface area (Å²) >= 11 is 0. The van der Waals surface area contributed by atoms with Crippen molar-refractivity contribution in [2.75, 3.05) is 72.1 Å². The zero-order valence-corrected chi connectivity index (χ0v) is 30.8. The van der Waals surface area contributed by atoms with Crippen molar-refractivity contribution in [1.82, 2.24) is 20.0 Å². The minimum atomic E-state index is -0.385. The van der Waals surface area contributed by atoms with E-state index in [9.17, 15) is 4.79 Å². The van der Waals surface area contributed by atoms with Crippen LogP contribution in [0.15, 0.2) is 0 Å². The predicted molar refractivity (Wildman–Crippen MR) is 192 cm³/mol. The van der Waals surface area contributed by atoms with Crippen LogP contribution in [0.3, 0.4) is 0 Å². The summed E-state index contributed by atoms with van der Waals surface area (Å²) in [6.07, 6.45) is 22.4. The largest absolute Gasteiger partial charge is 0.375 e. The Hall–Kier alpha value is -0.690. The molecule has 0 spiro atoms. The number of nitrogens with one attached hydrogen (secondary N) is 1. The molecule has 0 saturated carbocycles. The van der Waals surface area contributed by atoms with Crippen LogP contribution < -0.4 is 5.32 Å². The number of hydrogen-bond donors (Lipinski definition) is 1. The molecule has 0 aromatic carbocycles. The van der Waals surface area contributed by atoms with Gasteiger partial charge in [-0.2, -0.15) is 0 Å². The Kier molecular flexibility index (Phi) is 19.0. The molecule has 0 bridgehead atoms. The first-order chi connectivity index (χ1) is 21.7. The maximum Gasteiger partial charge on any atom is 0.222 e. The van der Waals surface area contributed by atoms with Gasteiger partial charge in [0.25, 0.3) is 0 Å². The summed E-state index contributed by atoms with van der Waals surface area (Å²) in [4.78, 5) is 20.7. The minimum absolute atomic E-state index is 0.135. The van der Waals surface area contributed by atoms with Gasteiger partial charge in [0.1, 0.15) is 0 Å². The van der Waals surface area contributed by atoms with Crippen LogP contribution in [0, 0.1) is 23.7 Å². The molecule has 0 atom stereocenters. The van der Waals surface area contributed by atoms with Gasteiger partial charge in [0, 0.05) is 13.2 Å². The first kappa shape index (κ1) is 38.8. The highest BCUT2D eigenvalue weighted by molar-refractivity contribution is 5.76. The van der Waals surface area contributed by atoms with E-state index in [-0.39, 0.29) is 11.5 Å². The number of unbranched alkanes of at least 4 members (excludes halogenated alkanes) is 4. The summed E-state index contributed by atoms with van der Waals surface area (Å²) in [5, 5.41) is 3.20. The second kappa shape index (κ2) is 22.0. The maximum absolute atomic E-state index is 12.5. The van der Waals surface area contributed by atoms with Gasteiger partial charge in [-0.05, 0) is 161 Å². The molecule has 45 heavy (non-hydrogen) atoms. The van der Waals surface area contributed by atoms with Gasteiger partial charge in [0.2, 0.25) is 5.91 Å². The second-order valence-corrected chi connectivity index (χ2v) is 16.3. The molecule has 3 heterocycles. The van der Waals surface area contributed by atoms with Crippen LogP contribution in [0.2, 0.25) is 0 Å². The van der Waals surface area contributed by atoms with E-state index in [0.717, 1.165) is 31.4 Å². The molecule has 0 aromatic rings. The number of likely N-dealkylation sites (tertiary alicyclic amines) is 3. The number of hydrogen-bond acceptors (Lipinski definition) is 5. The Labute approximate surface area is 280 Å². The van der Waals surface area contributed by atoms with Crippen molar-refractivity contribution < 1.29 is 9.53 Å². The van der Waals surface area contributed by atoms with Crippen LogP contribution in [-0.2, 0) is 9.53 Å². The fourth-order valence-electron chi connectivity index (χ4n) is 7.87. The van der Waals surface area contributed by atoms with Crippen molar-refractivity contribution >= 4 is 5.91 Å². The molecule has 1 N–H and O–H groups in total. The average Bonchev–Trinajstić information content (AvgIpc) is 3.01. The molecule has 3 aliphatic heterocycles. The lowest BCUT2D eigenvalue weighted by Gasteiger charge is -2.34. The molecule has 1 amide bonds. The first-order valence-corrected chi connectivity index (χ1v) is 19.8. The number of carbonyl (C=O) groups is 1. The monoisotopic (exact) mass is 633 g/mol. The van der Waals surface area contributed by atoms with Gasteiger partial charge in [-0.3, -0.25) is 4.79 Å². The van der Waals surface area contributed by atoms with Crippen LogP contribution in [0.5, 0.6) is 0 Å². The van der Waals surface area contributed by atoms with Crippen LogP contribution in [0.25, 0.3) is 0 Å². The predicted octanol–water partition coefficient (Wildman–Crippen LogP) is 8.00. The van der Waals surface area contributed by atoms with E-state index in [1.807, 2.05) is 13.8 Å². The van der Waals surface area contributed by atoms with Gasteiger partial charge in [-0.15, -0.1) is 0 Å². The van der Waals surface area contributed by atoms with Gasteiger partial charge in [0.05, 0.1) is 12.0 Å². The fourth-order valence-corrected chi connectivity index (χ4v) is 7.87. The summed E-state index contributed by atoms with van der Waals surface area (Å²) < 4.78 is 5.98. The molecular formula is C39H76N4O2. The van der Waals surface area contributed by atoms with Crippen molar-refractivity contribution in [3.63, 3.8) is 0 Å². The fraction of sp³-hybridized carbons (Fsp3) is 0.974. The number of amides is 1. The zero-order chi connectivity index (χ0) is 32.3. The summed E-state index contributed by atoms with van der Waals surface area (Å²) in [6, 6.07) is 0. The van der Waals surface area contributed by atoms with Crippen molar-refractivity contribution in [3.8, 4) is 0 Å². The van der Waals surface area contributed by atoms with E-state index in [0.29, 0.717) is 18.3 Å². The van der Waals surface area contributed by atoms with Crippen molar-refractivity contribution in [1.29, 1.82) is 0 Å². The summed E-state index contributed by atoms with van der Waals surface area (Å²) in [5.74, 6) is 3.39. The SMILES string of the molecule is CCCCCN1CCC(CCCC2CCN(CCCCCN3CCC(CNC(=O)CC(C)(C)OCCC(C)C)CC3)CC2)CC1. The zero-order valence-electron chi connectivity index (χ0n) is 30.8. The Bertz CT molecular complexity index is 750. The summed E-state index contributed by atoms with van der Waals surface area (Å²) in [6.45, 7) is 24.0. The number of rotatable bonds is 22. The molecule has 6 heteroatoms. The van der Waals surface area contributed by atoms with Crippen LogP contribution in [-0.4, -0.2) is 98.3 Å². The topological polar surface area (TPSA) is 48.0 Å². The lowest BCUT2D eigenvalue weighted by atomic mass is 9.87. The highest BCUT2D eigenvalue weighted by atomic mass is 16.5. The Morgan fingerprint density at radius 1 is 0.711 bits per heavy atom. The Morgan fingerprint density at radius 3 is 1.64 bits per heavy atom. The number of carbonyl (C=O) groups excluding carboxylic acids is 1. The lowest BCUT2D eigenvalue weighted by molar-refractivity contribution is -0.127. The van der Waals surface area contributed by atoms with Gasteiger partial charge < -0.3 is 24.8 Å². The minimum Gasteiger partial charge on any atom is -0.375 e. The van der Waals surface area contributed by atoms with E-state index in [4.69, 9.17) is 4.74 Å². The van der Waals surface area contributed by atoms with Crippen LogP contribution in [0.1, 0.15) is 144 Å². The molecular weight excluding hydrogens is 556 g/mol. The molecule has 0 unspecified atom stereocenters. The molecule has 0 aliphatic carbocycles. The molecule has 6 nitrogen and oxygen atoms in total. The first-order valence-electron chi connectivity index (χ1n) is 19.8. The number of nitrogens with zero attached hydrogens (tertiary/aromatic N) is 3. The third-order valence-electron chi connectivity index (χ3n) is 11.2. The van der Waals surface area contributed by atoms with Crippen molar-refractivity contribution in [2.45, 2.75) is 149 Å². The number of piperidine rings is 3. The van der Waals surface area contributed by atoms with Crippen LogP contribution >= 0.6 is 0 Å². The molecule has 3 rings (SSSR count). The average molecular weight is 633 g/mol. The normalized spacial score (nSPS) is 20.8. The number of ether oxygens (including phenoxy) is 1. The quantitative estimate of drug-likeness (QED) is 0.123. The van der Waals surface area contributed by atoms with E-state index >= 15 is 0 Å². The van der Waals surface area contributed by atoms with Gasteiger partial charge >= 0.3 is 0 Å². The third kappa shape index (κ3) is 17.3. The Morgan fingerprint density at radius 2 is 1.18 bits per heavy atom. The molecule has 264 valence electrons. The lowest BCUT2D eigenvalue weighted by Crippen LogP contribution is -2.41. The van der Waals surface area contributed by atoms with Crippen molar-refractivity contribution in [2.24, 2.45) is 23.7 Å².